The minimum Gasteiger partial charge on any atom is -0.299 e. The number of hydrogen-bond donors (Lipinski definition) is 0. The molecular formula is C20H23NO. The first-order chi connectivity index (χ1) is 10.7. The SMILES string of the molecule is CCC(C1C=CCC(=O)C1)C(C#N)C1CCc2ccccc21. The Morgan fingerprint density at radius 3 is 2.91 bits per heavy atom. The van der Waals surface area contributed by atoms with Gasteiger partial charge in [0.25, 0.3) is 0 Å². The lowest BCUT2D eigenvalue weighted by molar-refractivity contribution is -0.119. The summed E-state index contributed by atoms with van der Waals surface area (Å²) < 4.78 is 0. The van der Waals surface area contributed by atoms with Crippen LogP contribution in [0.1, 0.15) is 49.7 Å². The van der Waals surface area contributed by atoms with Crippen molar-refractivity contribution < 1.29 is 4.79 Å². The standard InChI is InChI=1S/C20H23NO/c1-2-17(15-7-5-8-16(22)12-15)20(13-21)19-11-10-14-6-3-4-9-18(14)19/h3-7,9,15,17,19-20H,2,8,10-12H2,1H3. The van der Waals surface area contributed by atoms with Gasteiger partial charge in [-0.05, 0) is 35.8 Å². The summed E-state index contributed by atoms with van der Waals surface area (Å²) in [6.45, 7) is 2.16. The van der Waals surface area contributed by atoms with Crippen LogP contribution in [0.25, 0.3) is 0 Å². The van der Waals surface area contributed by atoms with Crippen molar-refractivity contribution in [3.63, 3.8) is 0 Å². The Hall–Kier alpha value is -1.88. The summed E-state index contributed by atoms with van der Waals surface area (Å²) in [6, 6.07) is 11.1. The van der Waals surface area contributed by atoms with Crippen molar-refractivity contribution in [2.45, 2.75) is 44.9 Å². The fourth-order valence-corrected chi connectivity index (χ4v) is 4.35. The van der Waals surface area contributed by atoms with Gasteiger partial charge < -0.3 is 0 Å². The van der Waals surface area contributed by atoms with E-state index >= 15 is 0 Å². The van der Waals surface area contributed by atoms with E-state index in [1.165, 1.54) is 11.1 Å². The summed E-state index contributed by atoms with van der Waals surface area (Å²) in [5.41, 5.74) is 2.76. The lowest BCUT2D eigenvalue weighted by Crippen LogP contribution is -2.28. The van der Waals surface area contributed by atoms with E-state index in [9.17, 15) is 10.1 Å². The summed E-state index contributed by atoms with van der Waals surface area (Å²) in [5, 5.41) is 9.85. The molecule has 0 heterocycles. The molecule has 114 valence electrons. The van der Waals surface area contributed by atoms with Crippen LogP contribution in [0, 0.1) is 29.1 Å². The third kappa shape index (κ3) is 2.73. The number of hydrogen-bond acceptors (Lipinski definition) is 2. The van der Waals surface area contributed by atoms with E-state index in [4.69, 9.17) is 0 Å². The molecule has 3 rings (SSSR count). The van der Waals surface area contributed by atoms with Crippen molar-refractivity contribution in [3.8, 4) is 6.07 Å². The van der Waals surface area contributed by atoms with Crippen LogP contribution in [-0.4, -0.2) is 5.78 Å². The van der Waals surface area contributed by atoms with Crippen LogP contribution in [0.5, 0.6) is 0 Å². The third-order valence-electron chi connectivity index (χ3n) is 5.44. The van der Waals surface area contributed by atoms with Crippen LogP contribution < -0.4 is 0 Å². The van der Waals surface area contributed by atoms with Gasteiger partial charge in [-0.25, -0.2) is 0 Å². The van der Waals surface area contributed by atoms with E-state index in [0.717, 1.165) is 19.3 Å². The monoisotopic (exact) mass is 293 g/mol. The van der Waals surface area contributed by atoms with Gasteiger partial charge in [0.1, 0.15) is 5.78 Å². The van der Waals surface area contributed by atoms with Crippen LogP contribution in [0.3, 0.4) is 0 Å². The van der Waals surface area contributed by atoms with Gasteiger partial charge in [0.05, 0.1) is 12.0 Å². The van der Waals surface area contributed by atoms with Crippen LogP contribution in [0.15, 0.2) is 36.4 Å². The average Bonchev–Trinajstić information content (AvgIpc) is 2.96. The number of aryl methyl sites for hydroxylation is 1. The minimum absolute atomic E-state index is 0.00852. The number of carbonyl (C=O) groups excluding carboxylic acids is 1. The first-order valence-electron chi connectivity index (χ1n) is 8.40. The summed E-state index contributed by atoms with van der Waals surface area (Å²) in [6.07, 6.45) is 8.46. The summed E-state index contributed by atoms with van der Waals surface area (Å²) in [5.74, 6) is 1.17. The molecule has 2 aliphatic rings. The van der Waals surface area contributed by atoms with Gasteiger partial charge in [0.2, 0.25) is 0 Å². The molecule has 0 amide bonds. The van der Waals surface area contributed by atoms with Gasteiger partial charge in [0, 0.05) is 18.8 Å². The molecule has 1 aromatic carbocycles. The van der Waals surface area contributed by atoms with Crippen LogP contribution in [-0.2, 0) is 11.2 Å². The zero-order chi connectivity index (χ0) is 15.5. The van der Waals surface area contributed by atoms with Gasteiger partial charge in [0.15, 0.2) is 0 Å². The van der Waals surface area contributed by atoms with Gasteiger partial charge in [-0.2, -0.15) is 5.26 Å². The Balaban J connectivity index is 1.87. The van der Waals surface area contributed by atoms with E-state index in [1.807, 2.05) is 6.08 Å². The maximum Gasteiger partial charge on any atom is 0.137 e. The molecule has 0 bridgehead atoms. The summed E-state index contributed by atoms with van der Waals surface area (Å²) in [4.78, 5) is 11.8. The van der Waals surface area contributed by atoms with E-state index < -0.39 is 0 Å². The number of carbonyl (C=O) groups is 1. The molecule has 0 saturated carbocycles. The Kier molecular flexibility index (Phi) is 4.43. The fraction of sp³-hybridized carbons (Fsp3) is 0.500. The topological polar surface area (TPSA) is 40.9 Å². The molecular weight excluding hydrogens is 270 g/mol. The number of nitriles is 1. The number of benzene rings is 1. The maximum absolute atomic E-state index is 11.8. The van der Waals surface area contributed by atoms with Crippen LogP contribution in [0.2, 0.25) is 0 Å². The average molecular weight is 293 g/mol. The number of allylic oxidation sites excluding steroid dienone is 2. The first-order valence-corrected chi connectivity index (χ1v) is 8.40. The summed E-state index contributed by atoms with van der Waals surface area (Å²) in [7, 11) is 0. The molecule has 2 heteroatoms. The van der Waals surface area contributed by atoms with E-state index in [2.05, 4.69) is 43.3 Å². The number of rotatable bonds is 4. The van der Waals surface area contributed by atoms with Crippen molar-refractivity contribution in [3.05, 3.63) is 47.5 Å². The lowest BCUT2D eigenvalue weighted by Gasteiger charge is -2.32. The number of nitrogens with zero attached hydrogens (tertiary/aromatic N) is 1. The number of Topliss-reactive ketones (excluding diaryl/α,β-unsaturated/α-hetero) is 1. The Bertz CT molecular complexity index is 625. The molecule has 0 fully saturated rings. The van der Waals surface area contributed by atoms with Gasteiger partial charge in [-0.1, -0.05) is 49.8 Å². The first kappa shape index (κ1) is 15.0. The lowest BCUT2D eigenvalue weighted by atomic mass is 9.70. The van der Waals surface area contributed by atoms with Crippen molar-refractivity contribution in [2.75, 3.05) is 0 Å². The summed E-state index contributed by atoms with van der Waals surface area (Å²) >= 11 is 0. The Morgan fingerprint density at radius 2 is 2.18 bits per heavy atom. The molecule has 0 aliphatic heterocycles. The highest BCUT2D eigenvalue weighted by Gasteiger charge is 2.37. The van der Waals surface area contributed by atoms with Gasteiger partial charge in [-0.15, -0.1) is 0 Å². The molecule has 2 aliphatic carbocycles. The van der Waals surface area contributed by atoms with E-state index in [1.54, 1.807) is 0 Å². The Labute approximate surface area is 132 Å². The number of fused-ring (bicyclic) bond motifs is 1. The molecule has 0 aromatic heterocycles. The molecule has 4 atom stereocenters. The molecule has 22 heavy (non-hydrogen) atoms. The van der Waals surface area contributed by atoms with Gasteiger partial charge >= 0.3 is 0 Å². The molecule has 0 saturated heterocycles. The second-order valence-corrected chi connectivity index (χ2v) is 6.61. The fourth-order valence-electron chi connectivity index (χ4n) is 4.35. The molecule has 0 spiro atoms. The van der Waals surface area contributed by atoms with Crippen molar-refractivity contribution in [2.24, 2.45) is 17.8 Å². The molecule has 1 aromatic rings. The quantitative estimate of drug-likeness (QED) is 0.771. The zero-order valence-corrected chi connectivity index (χ0v) is 13.2. The van der Waals surface area contributed by atoms with Crippen molar-refractivity contribution >= 4 is 5.78 Å². The molecule has 4 unspecified atom stereocenters. The highest BCUT2D eigenvalue weighted by molar-refractivity contribution is 5.81. The predicted molar refractivity (Wildman–Crippen MR) is 87.3 cm³/mol. The van der Waals surface area contributed by atoms with Crippen molar-refractivity contribution in [1.82, 2.24) is 0 Å². The van der Waals surface area contributed by atoms with E-state index in [0.29, 0.717) is 24.5 Å². The predicted octanol–water partition coefficient (Wildman–Crippen LogP) is 4.42. The minimum atomic E-state index is 0.00852. The van der Waals surface area contributed by atoms with Crippen molar-refractivity contribution in [1.29, 1.82) is 5.26 Å². The van der Waals surface area contributed by atoms with E-state index in [-0.39, 0.29) is 17.8 Å². The second kappa shape index (κ2) is 6.48. The number of ketones is 1. The highest BCUT2D eigenvalue weighted by Crippen LogP contribution is 2.44. The highest BCUT2D eigenvalue weighted by atomic mass is 16.1. The van der Waals surface area contributed by atoms with Crippen LogP contribution in [0.4, 0.5) is 0 Å². The maximum atomic E-state index is 11.8. The third-order valence-corrected chi connectivity index (χ3v) is 5.44. The zero-order valence-electron chi connectivity index (χ0n) is 13.2. The second-order valence-electron chi connectivity index (χ2n) is 6.61. The Morgan fingerprint density at radius 1 is 1.36 bits per heavy atom. The molecule has 0 N–H and O–H groups in total. The van der Waals surface area contributed by atoms with Crippen LogP contribution >= 0.6 is 0 Å². The largest absolute Gasteiger partial charge is 0.299 e. The van der Waals surface area contributed by atoms with Gasteiger partial charge in [-0.3, -0.25) is 4.79 Å². The normalized spacial score (nSPS) is 26.3. The smallest absolute Gasteiger partial charge is 0.137 e. The molecule has 2 nitrogen and oxygen atoms in total. The molecule has 0 radical (unpaired) electrons.